The van der Waals surface area contributed by atoms with Gasteiger partial charge in [-0.25, -0.2) is 4.58 Å². The summed E-state index contributed by atoms with van der Waals surface area (Å²) in [6.45, 7) is 0.853. The minimum Gasteiger partial charge on any atom is -0.222 e. The molecular formula is C19H14ClN2+. The first-order valence-electron chi connectivity index (χ1n) is 7.24. The fraction of sp³-hybridized carbons (Fsp3) is 0.0526. The predicted octanol–water partition coefficient (Wildman–Crippen LogP) is 4.16. The summed E-state index contributed by atoms with van der Waals surface area (Å²) in [5.41, 5.74) is 4.41. The van der Waals surface area contributed by atoms with Gasteiger partial charge in [-0.3, -0.25) is 0 Å². The number of allylic oxidation sites excluding steroid dienone is 2. The maximum Gasteiger partial charge on any atom is 0.332 e. The Morgan fingerprint density at radius 2 is 1.68 bits per heavy atom. The molecule has 2 aliphatic rings. The molecule has 0 N–H and O–H groups in total. The van der Waals surface area contributed by atoms with Crippen molar-refractivity contribution in [3.05, 3.63) is 88.7 Å². The number of nitrogens with zero attached hydrogens (tertiary/aromatic N) is 2. The Morgan fingerprint density at radius 1 is 0.909 bits per heavy atom. The van der Waals surface area contributed by atoms with E-state index >= 15 is 0 Å². The van der Waals surface area contributed by atoms with Crippen molar-refractivity contribution in [2.24, 2.45) is 4.99 Å². The number of hydrogen-bond acceptors (Lipinski definition) is 1. The molecule has 2 aromatic rings. The van der Waals surface area contributed by atoms with E-state index in [4.69, 9.17) is 16.6 Å². The average Bonchev–Trinajstić information content (AvgIpc) is 3.01. The maximum atomic E-state index is 5.99. The van der Waals surface area contributed by atoms with Crippen LogP contribution in [0.1, 0.15) is 11.1 Å². The third-order valence-corrected chi connectivity index (χ3v) is 4.08. The number of fused-ring (bicyclic) bond motifs is 1. The highest BCUT2D eigenvalue weighted by Crippen LogP contribution is 2.28. The van der Waals surface area contributed by atoms with Crippen molar-refractivity contribution in [2.45, 2.75) is 0 Å². The largest absolute Gasteiger partial charge is 0.332 e. The molecule has 0 saturated carbocycles. The molecule has 2 aliphatic heterocycles. The van der Waals surface area contributed by atoms with Gasteiger partial charge in [-0.15, -0.1) is 0 Å². The molecule has 0 fully saturated rings. The molecule has 0 radical (unpaired) electrons. The summed E-state index contributed by atoms with van der Waals surface area (Å²) in [7, 11) is 0. The summed E-state index contributed by atoms with van der Waals surface area (Å²) in [5.74, 6) is 1.00. The quantitative estimate of drug-likeness (QED) is 0.740. The Labute approximate surface area is 134 Å². The smallest absolute Gasteiger partial charge is 0.222 e. The van der Waals surface area contributed by atoms with Gasteiger partial charge in [0, 0.05) is 10.6 Å². The number of benzene rings is 2. The standard InChI is InChI=1S/C19H14ClN2/c20-16-10-8-14(9-11-16)17-7-4-12-22-13-18(21-19(17)22)15-5-2-1-3-6-15/h1-11,13H,12H2/q+1. The van der Waals surface area contributed by atoms with E-state index in [0.717, 1.165) is 39.8 Å². The van der Waals surface area contributed by atoms with Crippen LogP contribution in [0.15, 0.2) is 77.6 Å². The van der Waals surface area contributed by atoms with E-state index in [-0.39, 0.29) is 0 Å². The molecule has 0 aromatic heterocycles. The highest BCUT2D eigenvalue weighted by atomic mass is 35.5. The van der Waals surface area contributed by atoms with Crippen LogP contribution < -0.4 is 0 Å². The Kier molecular flexibility index (Phi) is 3.24. The summed E-state index contributed by atoms with van der Waals surface area (Å²) < 4.78 is 2.19. The van der Waals surface area contributed by atoms with E-state index in [1.165, 1.54) is 0 Å². The van der Waals surface area contributed by atoms with Crippen molar-refractivity contribution in [2.75, 3.05) is 6.54 Å². The van der Waals surface area contributed by atoms with Gasteiger partial charge in [0.15, 0.2) is 0 Å². The van der Waals surface area contributed by atoms with Crippen LogP contribution in [0.5, 0.6) is 0 Å². The normalized spacial score (nSPS) is 16.4. The molecule has 0 saturated heterocycles. The van der Waals surface area contributed by atoms with Gasteiger partial charge in [-0.05, 0) is 34.8 Å². The van der Waals surface area contributed by atoms with Gasteiger partial charge < -0.3 is 0 Å². The van der Waals surface area contributed by atoms with Gasteiger partial charge in [0.2, 0.25) is 5.71 Å². The van der Waals surface area contributed by atoms with Crippen LogP contribution in [0.25, 0.3) is 5.57 Å². The van der Waals surface area contributed by atoms with Gasteiger partial charge in [0.05, 0.1) is 5.57 Å². The first kappa shape index (κ1) is 13.2. The Balaban J connectivity index is 1.82. The van der Waals surface area contributed by atoms with Gasteiger partial charge in [0.1, 0.15) is 12.8 Å². The Hall–Kier alpha value is -2.45. The third kappa shape index (κ3) is 2.32. The monoisotopic (exact) mass is 305 g/mol. The molecule has 0 aliphatic carbocycles. The molecule has 4 rings (SSSR count). The van der Waals surface area contributed by atoms with Crippen LogP contribution in [0.3, 0.4) is 0 Å². The van der Waals surface area contributed by atoms with Crippen molar-refractivity contribution < 1.29 is 4.58 Å². The fourth-order valence-corrected chi connectivity index (χ4v) is 2.86. The van der Waals surface area contributed by atoms with Crippen LogP contribution in [0, 0.1) is 0 Å². The second-order valence-corrected chi connectivity index (χ2v) is 5.73. The van der Waals surface area contributed by atoms with Gasteiger partial charge in [-0.1, -0.05) is 54.1 Å². The second kappa shape index (κ2) is 5.39. The zero-order valence-electron chi connectivity index (χ0n) is 11.9. The summed E-state index contributed by atoms with van der Waals surface area (Å²) in [6.07, 6.45) is 6.41. The van der Waals surface area contributed by atoms with Crippen molar-refractivity contribution in [1.82, 2.24) is 0 Å². The van der Waals surface area contributed by atoms with Crippen LogP contribution in [0.4, 0.5) is 0 Å². The highest BCUT2D eigenvalue weighted by molar-refractivity contribution is 6.38. The fourth-order valence-electron chi connectivity index (χ4n) is 2.73. The Morgan fingerprint density at radius 3 is 2.45 bits per heavy atom. The van der Waals surface area contributed by atoms with Gasteiger partial charge in [-0.2, -0.15) is 0 Å². The zero-order chi connectivity index (χ0) is 14.9. The summed E-state index contributed by atoms with van der Waals surface area (Å²) >= 11 is 5.99. The predicted molar refractivity (Wildman–Crippen MR) is 91.7 cm³/mol. The lowest BCUT2D eigenvalue weighted by Gasteiger charge is -2.08. The molecule has 3 heteroatoms. The van der Waals surface area contributed by atoms with Crippen molar-refractivity contribution in [1.29, 1.82) is 0 Å². The summed E-state index contributed by atoms with van der Waals surface area (Å²) in [5, 5.41) is 0.748. The van der Waals surface area contributed by atoms with Crippen LogP contribution >= 0.6 is 11.6 Å². The van der Waals surface area contributed by atoms with Gasteiger partial charge >= 0.3 is 5.82 Å². The van der Waals surface area contributed by atoms with E-state index in [2.05, 4.69) is 35.1 Å². The van der Waals surface area contributed by atoms with Crippen molar-refractivity contribution in [3.8, 4) is 0 Å². The third-order valence-electron chi connectivity index (χ3n) is 3.83. The van der Waals surface area contributed by atoms with Gasteiger partial charge in [0.25, 0.3) is 0 Å². The van der Waals surface area contributed by atoms with E-state index in [0.29, 0.717) is 0 Å². The van der Waals surface area contributed by atoms with Crippen molar-refractivity contribution in [3.63, 3.8) is 0 Å². The average molecular weight is 306 g/mol. The topological polar surface area (TPSA) is 15.4 Å². The lowest BCUT2D eigenvalue weighted by molar-refractivity contribution is -0.457. The number of aliphatic imine (C=N–C) groups is 1. The number of hydrogen-bond donors (Lipinski definition) is 0. The molecule has 2 nitrogen and oxygen atoms in total. The molecule has 0 bridgehead atoms. The second-order valence-electron chi connectivity index (χ2n) is 5.29. The molecular weight excluding hydrogens is 292 g/mol. The minimum atomic E-state index is 0.748. The first-order valence-corrected chi connectivity index (χ1v) is 7.61. The molecule has 0 unspecified atom stereocenters. The molecule has 0 atom stereocenters. The van der Waals surface area contributed by atoms with Crippen LogP contribution in [-0.4, -0.2) is 23.0 Å². The lowest BCUT2D eigenvalue weighted by Crippen LogP contribution is -2.13. The first-order chi connectivity index (χ1) is 10.8. The number of halogens is 1. The zero-order valence-corrected chi connectivity index (χ0v) is 12.7. The lowest BCUT2D eigenvalue weighted by atomic mass is 10.0. The molecule has 106 valence electrons. The molecule has 0 spiro atoms. The van der Waals surface area contributed by atoms with E-state index < -0.39 is 0 Å². The van der Waals surface area contributed by atoms with E-state index in [9.17, 15) is 0 Å². The summed E-state index contributed by atoms with van der Waals surface area (Å²) in [4.78, 5) is 4.84. The van der Waals surface area contributed by atoms with Crippen molar-refractivity contribution >= 4 is 29.1 Å². The molecule has 0 amide bonds. The van der Waals surface area contributed by atoms with Crippen LogP contribution in [-0.2, 0) is 0 Å². The number of rotatable bonds is 2. The maximum absolute atomic E-state index is 5.99. The molecule has 2 aromatic carbocycles. The summed E-state index contributed by atoms with van der Waals surface area (Å²) in [6, 6.07) is 18.2. The van der Waals surface area contributed by atoms with E-state index in [1.807, 2.05) is 42.5 Å². The van der Waals surface area contributed by atoms with Crippen LogP contribution in [0.2, 0.25) is 5.02 Å². The molecule has 2 heterocycles. The highest BCUT2D eigenvalue weighted by Gasteiger charge is 2.29. The minimum absolute atomic E-state index is 0.748. The van der Waals surface area contributed by atoms with E-state index in [1.54, 1.807) is 0 Å². The Bertz CT molecular complexity index is 841. The SMILES string of the molecule is Clc1ccc(C2=C3N=C(c4ccccc4)C=[N+]3CC=C2)cc1. The molecule has 22 heavy (non-hydrogen) atoms.